The number of nitrogens with zero attached hydrogens (tertiary/aromatic N) is 3. The van der Waals surface area contributed by atoms with Gasteiger partial charge in [0.15, 0.2) is 0 Å². The third-order valence-electron chi connectivity index (χ3n) is 3.26. The second-order valence-corrected chi connectivity index (χ2v) is 4.42. The molecule has 16 heavy (non-hydrogen) atoms. The van der Waals surface area contributed by atoms with Crippen LogP contribution >= 0.6 is 0 Å². The largest absolute Gasteiger partial charge is 0.481 e. The quantitative estimate of drug-likeness (QED) is 0.812. The van der Waals surface area contributed by atoms with Gasteiger partial charge in [-0.25, -0.2) is 4.98 Å². The van der Waals surface area contributed by atoms with Gasteiger partial charge in [0.05, 0.1) is 11.6 Å². The third-order valence-corrected chi connectivity index (χ3v) is 3.26. The number of hydrogen-bond acceptors (Lipinski definition) is 4. The molecule has 2 rings (SSSR count). The van der Waals surface area contributed by atoms with Crippen molar-refractivity contribution in [3.63, 3.8) is 0 Å². The SMILES string of the molecule is CC1(C(=O)O)CCN(c2cnccn2)CC1. The zero-order valence-corrected chi connectivity index (χ0v) is 9.26. The molecular weight excluding hydrogens is 206 g/mol. The molecule has 5 heteroatoms. The summed E-state index contributed by atoms with van der Waals surface area (Å²) in [5.74, 6) is 0.126. The molecule has 1 aromatic rings. The Kier molecular flexibility index (Phi) is 2.77. The van der Waals surface area contributed by atoms with Gasteiger partial charge in [0, 0.05) is 25.5 Å². The number of hydrogen-bond donors (Lipinski definition) is 1. The summed E-state index contributed by atoms with van der Waals surface area (Å²) in [5.41, 5.74) is -0.585. The lowest BCUT2D eigenvalue weighted by Crippen LogP contribution is -2.43. The van der Waals surface area contributed by atoms with Gasteiger partial charge in [-0.15, -0.1) is 0 Å². The Morgan fingerprint density at radius 2 is 2.12 bits per heavy atom. The van der Waals surface area contributed by atoms with Crippen LogP contribution < -0.4 is 4.90 Å². The molecule has 2 heterocycles. The highest BCUT2D eigenvalue weighted by molar-refractivity contribution is 5.74. The summed E-state index contributed by atoms with van der Waals surface area (Å²) in [6.07, 6.45) is 6.30. The van der Waals surface area contributed by atoms with E-state index in [1.165, 1.54) is 0 Å². The average molecular weight is 221 g/mol. The summed E-state index contributed by atoms with van der Waals surface area (Å²) >= 11 is 0. The highest BCUT2D eigenvalue weighted by Crippen LogP contribution is 2.32. The molecular formula is C11H15N3O2. The van der Waals surface area contributed by atoms with Crippen LogP contribution in [0.4, 0.5) is 5.82 Å². The van der Waals surface area contributed by atoms with Crippen LogP contribution in [0.5, 0.6) is 0 Å². The zero-order chi connectivity index (χ0) is 11.6. The van der Waals surface area contributed by atoms with Crippen molar-refractivity contribution in [1.82, 2.24) is 9.97 Å². The first-order chi connectivity index (χ1) is 7.62. The molecule has 1 aromatic heterocycles. The van der Waals surface area contributed by atoms with E-state index in [1.54, 1.807) is 18.6 Å². The Labute approximate surface area is 94.1 Å². The number of piperidine rings is 1. The number of aliphatic carboxylic acids is 1. The molecule has 0 aliphatic carbocycles. The summed E-state index contributed by atoms with van der Waals surface area (Å²) in [4.78, 5) is 21.4. The Morgan fingerprint density at radius 3 is 2.62 bits per heavy atom. The number of aromatic nitrogens is 2. The Balaban J connectivity index is 2.03. The second-order valence-electron chi connectivity index (χ2n) is 4.42. The predicted octanol–water partition coefficient (Wildman–Crippen LogP) is 1.17. The first-order valence-corrected chi connectivity index (χ1v) is 5.36. The number of anilines is 1. The Hall–Kier alpha value is -1.65. The smallest absolute Gasteiger partial charge is 0.309 e. The van der Waals surface area contributed by atoms with Gasteiger partial charge in [-0.1, -0.05) is 0 Å². The molecule has 0 amide bonds. The molecule has 0 saturated carbocycles. The van der Waals surface area contributed by atoms with Gasteiger partial charge in [-0.3, -0.25) is 9.78 Å². The molecule has 1 N–H and O–H groups in total. The van der Waals surface area contributed by atoms with E-state index in [9.17, 15) is 4.79 Å². The van der Waals surface area contributed by atoms with Crippen molar-refractivity contribution in [1.29, 1.82) is 0 Å². The number of carbonyl (C=O) groups is 1. The molecule has 0 atom stereocenters. The Bertz CT molecular complexity index is 372. The fourth-order valence-electron chi connectivity index (χ4n) is 1.90. The second kappa shape index (κ2) is 4.08. The Morgan fingerprint density at radius 1 is 1.44 bits per heavy atom. The van der Waals surface area contributed by atoms with Crippen LogP contribution in [-0.4, -0.2) is 34.1 Å². The minimum atomic E-state index is -0.703. The van der Waals surface area contributed by atoms with Crippen LogP contribution in [0, 0.1) is 5.41 Å². The van der Waals surface area contributed by atoms with E-state index in [-0.39, 0.29) is 0 Å². The van der Waals surface area contributed by atoms with Crippen molar-refractivity contribution in [2.45, 2.75) is 19.8 Å². The monoisotopic (exact) mass is 221 g/mol. The molecule has 0 aromatic carbocycles. The minimum absolute atomic E-state index is 0.585. The van der Waals surface area contributed by atoms with Gasteiger partial charge in [0.2, 0.25) is 0 Å². The van der Waals surface area contributed by atoms with E-state index in [2.05, 4.69) is 14.9 Å². The maximum atomic E-state index is 11.1. The first kappa shape index (κ1) is 10.9. The van der Waals surface area contributed by atoms with E-state index in [4.69, 9.17) is 5.11 Å². The van der Waals surface area contributed by atoms with Gasteiger partial charge in [-0.2, -0.15) is 0 Å². The van der Waals surface area contributed by atoms with E-state index in [1.807, 2.05) is 6.92 Å². The molecule has 86 valence electrons. The average Bonchev–Trinajstić information content (AvgIpc) is 2.31. The van der Waals surface area contributed by atoms with E-state index < -0.39 is 11.4 Å². The minimum Gasteiger partial charge on any atom is -0.481 e. The lowest BCUT2D eigenvalue weighted by atomic mass is 9.80. The summed E-state index contributed by atoms with van der Waals surface area (Å²) in [6.45, 7) is 3.26. The zero-order valence-electron chi connectivity index (χ0n) is 9.26. The molecule has 0 radical (unpaired) electrons. The molecule has 0 bridgehead atoms. The summed E-state index contributed by atoms with van der Waals surface area (Å²) in [7, 11) is 0. The van der Waals surface area contributed by atoms with Crippen molar-refractivity contribution < 1.29 is 9.90 Å². The molecule has 5 nitrogen and oxygen atoms in total. The number of carboxylic acids is 1. The lowest BCUT2D eigenvalue weighted by Gasteiger charge is -2.36. The van der Waals surface area contributed by atoms with Gasteiger partial charge in [0.25, 0.3) is 0 Å². The van der Waals surface area contributed by atoms with E-state index in [0.29, 0.717) is 12.8 Å². The van der Waals surface area contributed by atoms with Crippen LogP contribution in [0.2, 0.25) is 0 Å². The molecule has 1 fully saturated rings. The predicted molar refractivity (Wildman–Crippen MR) is 59.2 cm³/mol. The fraction of sp³-hybridized carbons (Fsp3) is 0.545. The topological polar surface area (TPSA) is 66.3 Å². The van der Waals surface area contributed by atoms with Crippen molar-refractivity contribution >= 4 is 11.8 Å². The van der Waals surface area contributed by atoms with Gasteiger partial charge in [0.1, 0.15) is 5.82 Å². The summed E-state index contributed by atoms with van der Waals surface area (Å²) < 4.78 is 0. The van der Waals surface area contributed by atoms with Crippen LogP contribution in [0.15, 0.2) is 18.6 Å². The van der Waals surface area contributed by atoms with E-state index >= 15 is 0 Å². The van der Waals surface area contributed by atoms with Gasteiger partial charge in [-0.05, 0) is 19.8 Å². The highest BCUT2D eigenvalue weighted by Gasteiger charge is 2.37. The lowest BCUT2D eigenvalue weighted by molar-refractivity contribution is -0.149. The molecule has 1 aliphatic rings. The van der Waals surface area contributed by atoms with Crippen LogP contribution in [-0.2, 0) is 4.79 Å². The van der Waals surface area contributed by atoms with Gasteiger partial charge < -0.3 is 10.0 Å². The maximum absolute atomic E-state index is 11.1. The molecule has 0 unspecified atom stereocenters. The normalized spacial score (nSPS) is 19.4. The van der Waals surface area contributed by atoms with Crippen molar-refractivity contribution in [3.05, 3.63) is 18.6 Å². The summed E-state index contributed by atoms with van der Waals surface area (Å²) in [5, 5.41) is 9.11. The standard InChI is InChI=1S/C11H15N3O2/c1-11(10(15)16)2-6-14(7-3-11)9-8-12-4-5-13-9/h4-5,8H,2-3,6-7H2,1H3,(H,15,16). The molecule has 0 spiro atoms. The maximum Gasteiger partial charge on any atom is 0.309 e. The summed E-state index contributed by atoms with van der Waals surface area (Å²) in [6, 6.07) is 0. The van der Waals surface area contributed by atoms with Crippen LogP contribution in [0.1, 0.15) is 19.8 Å². The fourth-order valence-corrected chi connectivity index (χ4v) is 1.90. The number of rotatable bonds is 2. The first-order valence-electron chi connectivity index (χ1n) is 5.36. The number of carboxylic acid groups (broad SMARTS) is 1. The highest BCUT2D eigenvalue weighted by atomic mass is 16.4. The third kappa shape index (κ3) is 1.98. The van der Waals surface area contributed by atoms with Crippen molar-refractivity contribution in [2.24, 2.45) is 5.41 Å². The van der Waals surface area contributed by atoms with Crippen LogP contribution in [0.3, 0.4) is 0 Å². The molecule has 1 aliphatic heterocycles. The van der Waals surface area contributed by atoms with Crippen molar-refractivity contribution in [3.8, 4) is 0 Å². The van der Waals surface area contributed by atoms with E-state index in [0.717, 1.165) is 18.9 Å². The van der Waals surface area contributed by atoms with Crippen molar-refractivity contribution in [2.75, 3.05) is 18.0 Å². The molecule has 1 saturated heterocycles. The van der Waals surface area contributed by atoms with Gasteiger partial charge >= 0.3 is 5.97 Å². The van der Waals surface area contributed by atoms with Crippen LogP contribution in [0.25, 0.3) is 0 Å².